The molecular formula is C17H15ClN4O. The van der Waals surface area contributed by atoms with E-state index in [2.05, 4.69) is 10.3 Å². The van der Waals surface area contributed by atoms with Gasteiger partial charge in [-0.05, 0) is 30.3 Å². The fourth-order valence-corrected chi connectivity index (χ4v) is 3.10. The number of benzene rings is 1. The molecule has 3 heterocycles. The number of amides is 2. The van der Waals surface area contributed by atoms with Crippen LogP contribution in [-0.2, 0) is 13.0 Å². The van der Waals surface area contributed by atoms with Gasteiger partial charge in [-0.3, -0.25) is 0 Å². The van der Waals surface area contributed by atoms with Gasteiger partial charge >= 0.3 is 6.03 Å². The summed E-state index contributed by atoms with van der Waals surface area (Å²) in [5.74, 6) is 0. The van der Waals surface area contributed by atoms with Crippen molar-refractivity contribution in [2.45, 2.75) is 13.0 Å². The number of aromatic nitrogens is 2. The van der Waals surface area contributed by atoms with Crippen molar-refractivity contribution in [2.24, 2.45) is 0 Å². The second-order valence-corrected chi connectivity index (χ2v) is 5.98. The van der Waals surface area contributed by atoms with Crippen LogP contribution >= 0.6 is 11.6 Å². The molecule has 0 saturated carbocycles. The Balaban J connectivity index is 1.56. The summed E-state index contributed by atoms with van der Waals surface area (Å²) in [5.41, 5.74) is 3.78. The van der Waals surface area contributed by atoms with Crippen LogP contribution in [0, 0.1) is 0 Å². The maximum Gasteiger partial charge on any atom is 0.322 e. The van der Waals surface area contributed by atoms with E-state index >= 15 is 0 Å². The molecule has 6 heteroatoms. The molecule has 3 aromatic rings. The summed E-state index contributed by atoms with van der Waals surface area (Å²) < 4.78 is 2.05. The van der Waals surface area contributed by atoms with Crippen molar-refractivity contribution < 1.29 is 4.79 Å². The van der Waals surface area contributed by atoms with E-state index in [1.165, 1.54) is 0 Å². The van der Waals surface area contributed by atoms with Crippen LogP contribution in [0.1, 0.15) is 11.4 Å². The number of rotatable bonds is 1. The van der Waals surface area contributed by atoms with E-state index in [0.717, 1.165) is 23.5 Å². The number of hydrogen-bond donors (Lipinski definition) is 1. The van der Waals surface area contributed by atoms with Crippen LogP contribution in [0.15, 0.2) is 48.7 Å². The molecule has 2 aromatic heterocycles. The largest absolute Gasteiger partial charge is 0.322 e. The molecule has 0 unspecified atom stereocenters. The first-order valence-electron chi connectivity index (χ1n) is 7.47. The zero-order chi connectivity index (χ0) is 15.8. The average molecular weight is 327 g/mol. The van der Waals surface area contributed by atoms with E-state index < -0.39 is 0 Å². The number of pyridine rings is 1. The molecule has 0 atom stereocenters. The maximum absolute atomic E-state index is 12.5. The van der Waals surface area contributed by atoms with Crippen molar-refractivity contribution in [3.63, 3.8) is 0 Å². The van der Waals surface area contributed by atoms with Crippen molar-refractivity contribution in [1.82, 2.24) is 14.3 Å². The highest BCUT2D eigenvalue weighted by atomic mass is 35.5. The fourth-order valence-electron chi connectivity index (χ4n) is 2.91. The van der Waals surface area contributed by atoms with Gasteiger partial charge in [0.25, 0.3) is 0 Å². The smallest absolute Gasteiger partial charge is 0.318 e. The minimum Gasteiger partial charge on any atom is -0.318 e. The lowest BCUT2D eigenvalue weighted by Gasteiger charge is -2.27. The van der Waals surface area contributed by atoms with Crippen molar-refractivity contribution in [3.8, 4) is 0 Å². The van der Waals surface area contributed by atoms with Crippen molar-refractivity contribution in [3.05, 3.63) is 65.1 Å². The molecule has 0 saturated heterocycles. The van der Waals surface area contributed by atoms with Gasteiger partial charge in [0.1, 0.15) is 5.65 Å². The number of hydrogen-bond acceptors (Lipinski definition) is 2. The Kier molecular flexibility index (Phi) is 3.42. The molecule has 2 amide bonds. The van der Waals surface area contributed by atoms with E-state index in [0.29, 0.717) is 23.8 Å². The van der Waals surface area contributed by atoms with Gasteiger partial charge in [-0.2, -0.15) is 0 Å². The van der Waals surface area contributed by atoms with Gasteiger partial charge in [0.2, 0.25) is 0 Å². The number of carbonyl (C=O) groups is 1. The lowest BCUT2D eigenvalue weighted by Crippen LogP contribution is -2.39. The lowest BCUT2D eigenvalue weighted by atomic mass is 10.1. The summed E-state index contributed by atoms with van der Waals surface area (Å²) in [4.78, 5) is 18.9. The second kappa shape index (κ2) is 5.59. The predicted octanol–water partition coefficient (Wildman–Crippen LogP) is 3.58. The molecule has 0 aliphatic carbocycles. The highest BCUT2D eigenvalue weighted by Gasteiger charge is 2.24. The summed E-state index contributed by atoms with van der Waals surface area (Å²) in [5, 5.41) is 3.50. The maximum atomic E-state index is 12.5. The SMILES string of the molecule is O=C(Nc1cccc(Cl)c1)N1CCc2nc3ccccn3c2C1. The topological polar surface area (TPSA) is 49.6 Å². The van der Waals surface area contributed by atoms with Gasteiger partial charge in [0.05, 0.1) is 17.9 Å². The van der Waals surface area contributed by atoms with Crippen LogP contribution in [0.4, 0.5) is 10.5 Å². The molecule has 0 spiro atoms. The highest BCUT2D eigenvalue weighted by molar-refractivity contribution is 6.30. The number of nitrogens with zero attached hydrogens (tertiary/aromatic N) is 3. The first-order chi connectivity index (χ1) is 11.2. The Morgan fingerprint density at radius 2 is 2.13 bits per heavy atom. The minimum absolute atomic E-state index is 0.121. The summed E-state index contributed by atoms with van der Waals surface area (Å²) in [6, 6.07) is 13.0. The van der Waals surface area contributed by atoms with Crippen LogP contribution in [0.3, 0.4) is 0 Å². The standard InChI is InChI=1S/C17H15ClN4O/c18-12-4-3-5-13(10-12)19-17(23)21-9-7-14-15(11-21)22-8-2-1-6-16(22)20-14/h1-6,8,10H,7,9,11H2,(H,19,23). The van der Waals surface area contributed by atoms with Crippen LogP contribution in [0.2, 0.25) is 5.02 Å². The molecule has 4 rings (SSSR count). The summed E-state index contributed by atoms with van der Waals surface area (Å²) >= 11 is 5.96. The van der Waals surface area contributed by atoms with Crippen LogP contribution < -0.4 is 5.32 Å². The van der Waals surface area contributed by atoms with Crippen LogP contribution in [0.5, 0.6) is 0 Å². The number of carbonyl (C=O) groups excluding carboxylic acids is 1. The number of anilines is 1. The Labute approximate surface area is 138 Å². The molecule has 1 aliphatic rings. The number of nitrogens with one attached hydrogen (secondary N) is 1. The van der Waals surface area contributed by atoms with Crippen molar-refractivity contribution in [2.75, 3.05) is 11.9 Å². The molecule has 5 nitrogen and oxygen atoms in total. The molecule has 116 valence electrons. The zero-order valence-corrected chi connectivity index (χ0v) is 13.1. The van der Waals surface area contributed by atoms with Gasteiger partial charge in [0, 0.05) is 29.9 Å². The van der Waals surface area contributed by atoms with E-state index in [-0.39, 0.29) is 6.03 Å². The lowest BCUT2D eigenvalue weighted by molar-refractivity contribution is 0.205. The first kappa shape index (κ1) is 14.1. The van der Waals surface area contributed by atoms with Gasteiger partial charge in [-0.15, -0.1) is 0 Å². The van der Waals surface area contributed by atoms with Crippen LogP contribution in [0.25, 0.3) is 5.65 Å². The minimum atomic E-state index is -0.121. The summed E-state index contributed by atoms with van der Waals surface area (Å²) in [6.07, 6.45) is 2.75. The van der Waals surface area contributed by atoms with E-state index in [1.54, 1.807) is 17.0 Å². The molecule has 1 aromatic carbocycles. The molecule has 0 bridgehead atoms. The number of urea groups is 1. The Morgan fingerprint density at radius 3 is 3.00 bits per heavy atom. The van der Waals surface area contributed by atoms with Crippen LogP contribution in [-0.4, -0.2) is 26.9 Å². The third kappa shape index (κ3) is 2.64. The summed E-state index contributed by atoms with van der Waals surface area (Å²) in [7, 11) is 0. The van der Waals surface area contributed by atoms with Crippen molar-refractivity contribution >= 4 is 29.0 Å². The van der Waals surface area contributed by atoms with E-state index in [9.17, 15) is 4.79 Å². The van der Waals surface area contributed by atoms with Gasteiger partial charge < -0.3 is 14.6 Å². The van der Waals surface area contributed by atoms with E-state index in [1.807, 2.05) is 40.9 Å². The third-order valence-electron chi connectivity index (χ3n) is 4.03. The third-order valence-corrected chi connectivity index (χ3v) is 4.27. The summed E-state index contributed by atoms with van der Waals surface area (Å²) in [6.45, 7) is 1.20. The number of imidazole rings is 1. The number of fused-ring (bicyclic) bond motifs is 3. The quantitative estimate of drug-likeness (QED) is 0.743. The zero-order valence-electron chi connectivity index (χ0n) is 12.4. The molecule has 23 heavy (non-hydrogen) atoms. The Morgan fingerprint density at radius 1 is 1.22 bits per heavy atom. The molecule has 0 fully saturated rings. The van der Waals surface area contributed by atoms with Crippen molar-refractivity contribution in [1.29, 1.82) is 0 Å². The highest BCUT2D eigenvalue weighted by Crippen LogP contribution is 2.22. The normalized spacial score (nSPS) is 13.9. The molecule has 1 aliphatic heterocycles. The predicted molar refractivity (Wildman–Crippen MR) is 89.8 cm³/mol. The first-order valence-corrected chi connectivity index (χ1v) is 7.85. The molecule has 0 radical (unpaired) electrons. The average Bonchev–Trinajstić information content (AvgIpc) is 2.92. The van der Waals surface area contributed by atoms with Gasteiger partial charge in [-0.1, -0.05) is 23.7 Å². The van der Waals surface area contributed by atoms with Gasteiger partial charge in [0.15, 0.2) is 0 Å². The molecule has 1 N–H and O–H groups in total. The fraction of sp³-hybridized carbons (Fsp3) is 0.176. The monoisotopic (exact) mass is 326 g/mol. The van der Waals surface area contributed by atoms with Gasteiger partial charge in [-0.25, -0.2) is 9.78 Å². The molecular weight excluding hydrogens is 312 g/mol. The van der Waals surface area contributed by atoms with E-state index in [4.69, 9.17) is 11.6 Å². The Bertz CT molecular complexity index is 889. The Hall–Kier alpha value is -2.53. The second-order valence-electron chi connectivity index (χ2n) is 5.55. The number of halogens is 1.